The molecule has 0 radical (unpaired) electrons. The van der Waals surface area contributed by atoms with Gasteiger partial charge in [0.1, 0.15) is 0 Å². The molecule has 0 aliphatic rings. The van der Waals surface area contributed by atoms with Crippen LogP contribution in [0.25, 0.3) is 5.69 Å². The van der Waals surface area contributed by atoms with E-state index in [2.05, 4.69) is 0 Å². The van der Waals surface area contributed by atoms with Crippen LogP contribution in [-0.2, 0) is 0 Å². The van der Waals surface area contributed by atoms with Crippen molar-refractivity contribution in [2.45, 2.75) is 6.92 Å². The molecule has 3 nitrogen and oxygen atoms in total. The highest BCUT2D eigenvalue weighted by atomic mass is 35.5. The highest BCUT2D eigenvalue weighted by molar-refractivity contribution is 6.33. The van der Waals surface area contributed by atoms with Crippen molar-refractivity contribution in [3.63, 3.8) is 0 Å². The number of aryl methyl sites for hydroxylation is 1. The molecule has 0 spiro atoms. The van der Waals surface area contributed by atoms with Crippen LogP contribution in [0.4, 0.5) is 5.69 Å². The Morgan fingerprint density at radius 3 is 2.75 bits per heavy atom. The summed E-state index contributed by atoms with van der Waals surface area (Å²) in [5.41, 5.74) is 7.47. The summed E-state index contributed by atoms with van der Waals surface area (Å²) in [6, 6.07) is 8.73. The number of nitrogen functional groups attached to an aromatic ring is 1. The Balaban J connectivity index is 2.64. The van der Waals surface area contributed by atoms with Gasteiger partial charge in [0, 0.05) is 11.8 Å². The van der Waals surface area contributed by atoms with E-state index in [0.29, 0.717) is 22.0 Å². The van der Waals surface area contributed by atoms with E-state index in [-0.39, 0.29) is 5.56 Å². The number of halogens is 1. The van der Waals surface area contributed by atoms with E-state index in [1.165, 1.54) is 0 Å². The van der Waals surface area contributed by atoms with Crippen molar-refractivity contribution in [2.24, 2.45) is 0 Å². The van der Waals surface area contributed by atoms with Crippen molar-refractivity contribution in [1.29, 1.82) is 0 Å². The van der Waals surface area contributed by atoms with Crippen molar-refractivity contribution >= 4 is 17.3 Å². The first-order valence-corrected chi connectivity index (χ1v) is 5.21. The number of rotatable bonds is 1. The fourth-order valence-electron chi connectivity index (χ4n) is 1.47. The maximum Gasteiger partial charge on any atom is 0.257 e. The maximum absolute atomic E-state index is 11.9. The summed E-state index contributed by atoms with van der Waals surface area (Å²) >= 11 is 5.92. The van der Waals surface area contributed by atoms with E-state index in [9.17, 15) is 4.79 Å². The quantitative estimate of drug-likeness (QED) is 0.771. The van der Waals surface area contributed by atoms with Crippen molar-refractivity contribution in [1.82, 2.24) is 4.57 Å². The van der Waals surface area contributed by atoms with E-state index >= 15 is 0 Å². The summed E-state index contributed by atoms with van der Waals surface area (Å²) in [5.74, 6) is 0. The molecule has 1 heterocycles. The summed E-state index contributed by atoms with van der Waals surface area (Å²) in [6.07, 6.45) is 1.71. The number of pyridine rings is 1. The summed E-state index contributed by atoms with van der Waals surface area (Å²) in [4.78, 5) is 11.9. The third-order valence-electron chi connectivity index (χ3n) is 2.40. The van der Waals surface area contributed by atoms with Crippen LogP contribution in [0.3, 0.4) is 0 Å². The molecule has 0 unspecified atom stereocenters. The second kappa shape index (κ2) is 4.02. The zero-order valence-corrected chi connectivity index (χ0v) is 9.53. The number of nitrogens with zero attached hydrogens (tertiary/aromatic N) is 1. The largest absolute Gasteiger partial charge is 0.398 e. The number of nitrogens with two attached hydrogens (primary N) is 1. The number of hydrogen-bond acceptors (Lipinski definition) is 2. The molecule has 0 saturated heterocycles. The first kappa shape index (κ1) is 10.8. The van der Waals surface area contributed by atoms with Gasteiger partial charge in [-0.2, -0.15) is 0 Å². The molecule has 0 amide bonds. The van der Waals surface area contributed by atoms with Crippen LogP contribution >= 0.6 is 11.6 Å². The molecule has 1 aromatic heterocycles. The molecular formula is C12H11ClN2O. The average molecular weight is 235 g/mol. The molecule has 0 fully saturated rings. The Morgan fingerprint density at radius 1 is 1.31 bits per heavy atom. The van der Waals surface area contributed by atoms with Gasteiger partial charge in [0.25, 0.3) is 5.56 Å². The van der Waals surface area contributed by atoms with E-state index in [4.69, 9.17) is 17.3 Å². The molecule has 0 saturated carbocycles. The van der Waals surface area contributed by atoms with Gasteiger partial charge in [0.15, 0.2) is 0 Å². The zero-order chi connectivity index (χ0) is 11.7. The van der Waals surface area contributed by atoms with E-state index in [1.807, 2.05) is 6.07 Å². The second-order valence-corrected chi connectivity index (χ2v) is 3.98. The van der Waals surface area contributed by atoms with Crippen LogP contribution in [0.1, 0.15) is 5.56 Å². The fraction of sp³-hybridized carbons (Fsp3) is 0.0833. The Bertz CT molecular complexity index is 590. The summed E-state index contributed by atoms with van der Waals surface area (Å²) in [7, 11) is 0. The molecule has 0 aliphatic carbocycles. The lowest BCUT2D eigenvalue weighted by molar-refractivity contribution is 0.971. The summed E-state index contributed by atoms with van der Waals surface area (Å²) < 4.78 is 1.54. The van der Waals surface area contributed by atoms with Crippen molar-refractivity contribution < 1.29 is 0 Å². The lowest BCUT2D eigenvalue weighted by Crippen LogP contribution is -2.19. The lowest BCUT2D eigenvalue weighted by atomic mass is 10.2. The van der Waals surface area contributed by atoms with Crippen LogP contribution in [0, 0.1) is 6.92 Å². The zero-order valence-electron chi connectivity index (χ0n) is 8.77. The topological polar surface area (TPSA) is 48.0 Å². The van der Waals surface area contributed by atoms with Gasteiger partial charge in [-0.25, -0.2) is 0 Å². The van der Waals surface area contributed by atoms with Gasteiger partial charge >= 0.3 is 0 Å². The second-order valence-electron chi connectivity index (χ2n) is 3.57. The van der Waals surface area contributed by atoms with Gasteiger partial charge in [0.05, 0.1) is 16.4 Å². The Hall–Kier alpha value is -1.74. The minimum absolute atomic E-state index is 0.0525. The molecular weight excluding hydrogens is 224 g/mol. The number of benzene rings is 1. The van der Waals surface area contributed by atoms with Gasteiger partial charge in [0.2, 0.25) is 0 Å². The molecule has 82 valence electrons. The fourth-order valence-corrected chi connectivity index (χ4v) is 1.65. The standard InChI is InChI=1S/C12H11ClN2O/c1-8-3-2-6-15(12(8)16)9-4-5-11(14)10(13)7-9/h2-7H,14H2,1H3. The number of hydrogen-bond donors (Lipinski definition) is 1. The molecule has 0 atom stereocenters. The first-order chi connectivity index (χ1) is 7.59. The van der Waals surface area contributed by atoms with Gasteiger partial charge < -0.3 is 5.73 Å². The maximum atomic E-state index is 11.9. The molecule has 1 aromatic carbocycles. The predicted molar refractivity (Wildman–Crippen MR) is 66.2 cm³/mol. The first-order valence-electron chi connectivity index (χ1n) is 4.83. The normalized spacial score (nSPS) is 10.4. The van der Waals surface area contributed by atoms with Crippen LogP contribution in [-0.4, -0.2) is 4.57 Å². The molecule has 2 rings (SSSR count). The molecule has 4 heteroatoms. The monoisotopic (exact) mass is 234 g/mol. The van der Waals surface area contributed by atoms with Crippen molar-refractivity contribution in [3.8, 4) is 5.69 Å². The highest BCUT2D eigenvalue weighted by Gasteiger charge is 2.03. The van der Waals surface area contributed by atoms with E-state index in [1.54, 1.807) is 42.0 Å². The Labute approximate surface area is 98.1 Å². The van der Waals surface area contributed by atoms with Crippen LogP contribution in [0.5, 0.6) is 0 Å². The number of aromatic nitrogens is 1. The third kappa shape index (κ3) is 1.82. The SMILES string of the molecule is Cc1cccn(-c2ccc(N)c(Cl)c2)c1=O. The van der Waals surface area contributed by atoms with Crippen LogP contribution in [0.15, 0.2) is 41.3 Å². The van der Waals surface area contributed by atoms with Gasteiger partial charge in [-0.15, -0.1) is 0 Å². The van der Waals surface area contributed by atoms with Crippen LogP contribution < -0.4 is 11.3 Å². The van der Waals surface area contributed by atoms with Crippen molar-refractivity contribution in [3.05, 3.63) is 57.5 Å². The molecule has 2 aromatic rings. The Morgan fingerprint density at radius 2 is 2.06 bits per heavy atom. The van der Waals surface area contributed by atoms with E-state index < -0.39 is 0 Å². The van der Waals surface area contributed by atoms with E-state index in [0.717, 1.165) is 0 Å². The molecule has 0 bridgehead atoms. The number of anilines is 1. The molecule has 16 heavy (non-hydrogen) atoms. The molecule has 0 aliphatic heterocycles. The van der Waals surface area contributed by atoms with Crippen LogP contribution in [0.2, 0.25) is 5.02 Å². The smallest absolute Gasteiger partial charge is 0.257 e. The highest BCUT2D eigenvalue weighted by Crippen LogP contribution is 2.21. The summed E-state index contributed by atoms with van der Waals surface area (Å²) in [5, 5.41) is 0.450. The van der Waals surface area contributed by atoms with Gasteiger partial charge in [-0.1, -0.05) is 17.7 Å². The van der Waals surface area contributed by atoms with Gasteiger partial charge in [-0.05, 0) is 31.2 Å². The average Bonchev–Trinajstić information content (AvgIpc) is 2.26. The summed E-state index contributed by atoms with van der Waals surface area (Å²) in [6.45, 7) is 1.78. The Kier molecular flexibility index (Phi) is 2.71. The lowest BCUT2D eigenvalue weighted by Gasteiger charge is -2.07. The minimum atomic E-state index is -0.0525. The minimum Gasteiger partial charge on any atom is -0.398 e. The van der Waals surface area contributed by atoms with Gasteiger partial charge in [-0.3, -0.25) is 9.36 Å². The predicted octanol–water partition coefficient (Wildman–Crippen LogP) is 2.38. The van der Waals surface area contributed by atoms with Crippen molar-refractivity contribution in [2.75, 3.05) is 5.73 Å². The molecule has 2 N–H and O–H groups in total. The third-order valence-corrected chi connectivity index (χ3v) is 2.73.